The fourth-order valence-electron chi connectivity index (χ4n) is 0.123. The van der Waals surface area contributed by atoms with Crippen molar-refractivity contribution in [3.8, 4) is 0 Å². The first-order valence-electron chi connectivity index (χ1n) is 1.63. The van der Waals surface area contributed by atoms with E-state index >= 15 is 0 Å². The van der Waals surface area contributed by atoms with Gasteiger partial charge in [-0.05, 0) is 19.1 Å². The van der Waals surface area contributed by atoms with Crippen LogP contribution in [0.25, 0.3) is 0 Å². The molecule has 0 atom stereocenters. The average Bonchev–Trinajstić information content (AvgIpc) is 1.35. The van der Waals surface area contributed by atoms with E-state index in [1.54, 1.807) is 0 Å². The molecule has 0 aliphatic rings. The molecule has 0 aliphatic carbocycles. The van der Waals surface area contributed by atoms with Crippen LogP contribution in [0, 0.1) is 0 Å². The van der Waals surface area contributed by atoms with E-state index in [0.717, 1.165) is 0 Å². The fourth-order valence-corrected chi connectivity index (χ4v) is 0.370. The van der Waals surface area contributed by atoms with Gasteiger partial charge in [0.05, 0.1) is 6.61 Å². The monoisotopic (exact) mass is 319 g/mol. The topological polar surface area (TPSA) is 9.23 Å². The largest absolute Gasteiger partial charge is 3.00 e. The third-order valence-electron chi connectivity index (χ3n) is 0.268. The summed E-state index contributed by atoms with van der Waals surface area (Å²) in [5.74, 6) is 0. The molecule has 0 aromatic heterocycles. The number of thiol groups is 1. The molecule has 0 heterocycles. The molecule has 0 fully saturated rings. The number of hydrogen-bond donors (Lipinski definition) is 1. The minimum atomic E-state index is 0. The van der Waals surface area contributed by atoms with Crippen molar-refractivity contribution < 1.29 is 27.1 Å². The van der Waals surface area contributed by atoms with Crippen LogP contribution in [-0.2, 0) is 27.1 Å². The van der Waals surface area contributed by atoms with E-state index in [0.29, 0.717) is 11.0 Å². The Bertz CT molecular complexity index is 56.9. The van der Waals surface area contributed by atoms with Crippen LogP contribution in [0.1, 0.15) is 6.92 Å². The van der Waals surface area contributed by atoms with Crippen molar-refractivity contribution >= 4 is 29.2 Å². The molecule has 0 N–H and O–H groups in total. The summed E-state index contributed by atoms with van der Waals surface area (Å²) < 4.78 is 4.95. The van der Waals surface area contributed by atoms with Gasteiger partial charge in [0.2, 0.25) is 4.38 Å². The molecule has 0 bridgehead atoms. The number of thiocarbonyl (C=S) groups is 1. The minimum Gasteiger partial charge on any atom is -0.479 e. The molecular weight excluding hydrogens is 313 g/mol. The normalized spacial score (nSPS) is 6.57. The average molecular weight is 319 g/mol. The Morgan fingerprint density at radius 1 is 1.86 bits per heavy atom. The predicted octanol–water partition coefficient (Wildman–Crippen LogP) is 1.24. The second-order valence-corrected chi connectivity index (χ2v) is 1.78. The van der Waals surface area contributed by atoms with Crippen LogP contribution >= 0.6 is 24.8 Å². The van der Waals surface area contributed by atoms with Gasteiger partial charge in [-0.25, -0.2) is 0 Å². The summed E-state index contributed by atoms with van der Waals surface area (Å²) in [6, 6.07) is 0. The van der Waals surface area contributed by atoms with E-state index in [1.807, 2.05) is 6.92 Å². The summed E-state index contributed by atoms with van der Waals surface area (Å²) >= 11 is 8.12. The van der Waals surface area contributed by atoms with Gasteiger partial charge in [0.25, 0.3) is 0 Å². The van der Waals surface area contributed by atoms with E-state index in [1.165, 1.54) is 0 Å². The third-order valence-corrected chi connectivity index (χ3v) is 0.515. The van der Waals surface area contributed by atoms with Crippen LogP contribution in [-0.4, -0.2) is 11.0 Å². The van der Waals surface area contributed by atoms with Crippen molar-refractivity contribution in [1.29, 1.82) is 0 Å². The smallest absolute Gasteiger partial charge is 0.479 e. The van der Waals surface area contributed by atoms with Crippen LogP contribution in [0.15, 0.2) is 0 Å². The SMILES string of the molecule is CCOC(=S)S.[Au+3]. The quantitative estimate of drug-likeness (QED) is 0.442. The Hall–Kier alpha value is 0.980. The molecule has 7 heavy (non-hydrogen) atoms. The van der Waals surface area contributed by atoms with E-state index in [4.69, 9.17) is 0 Å². The fraction of sp³-hybridized carbons (Fsp3) is 0.667. The van der Waals surface area contributed by atoms with Gasteiger partial charge in [0.1, 0.15) is 0 Å². The van der Waals surface area contributed by atoms with Gasteiger partial charge in [-0.15, -0.1) is 0 Å². The molecule has 0 rings (SSSR count). The van der Waals surface area contributed by atoms with Crippen LogP contribution in [0.4, 0.5) is 0 Å². The molecule has 1 nitrogen and oxygen atoms in total. The second-order valence-electron chi connectivity index (χ2n) is 0.699. The van der Waals surface area contributed by atoms with Crippen LogP contribution in [0.2, 0.25) is 0 Å². The molecule has 0 amide bonds. The van der Waals surface area contributed by atoms with Crippen molar-refractivity contribution in [2.75, 3.05) is 6.61 Å². The summed E-state index contributed by atoms with van der Waals surface area (Å²) in [6.07, 6.45) is 0. The third kappa shape index (κ3) is 10.9. The first-order valence-corrected chi connectivity index (χ1v) is 2.48. The van der Waals surface area contributed by atoms with Gasteiger partial charge in [-0.3, -0.25) is 0 Å². The molecule has 0 unspecified atom stereocenters. The summed E-state index contributed by atoms with van der Waals surface area (Å²) in [4.78, 5) is 0. The van der Waals surface area contributed by atoms with E-state index in [2.05, 4.69) is 29.6 Å². The Kier molecular flexibility index (Phi) is 10.8. The molecule has 0 aromatic carbocycles. The molecular formula is C3H6AuOS2+3. The van der Waals surface area contributed by atoms with E-state index in [9.17, 15) is 0 Å². The maximum atomic E-state index is 4.64. The Labute approximate surface area is 69.7 Å². The zero-order chi connectivity index (χ0) is 4.99. The summed E-state index contributed by atoms with van der Waals surface area (Å²) in [6.45, 7) is 2.48. The minimum absolute atomic E-state index is 0. The summed E-state index contributed by atoms with van der Waals surface area (Å²) in [7, 11) is 0. The zero-order valence-corrected chi connectivity index (χ0v) is 7.65. The molecule has 0 spiro atoms. The van der Waals surface area contributed by atoms with Gasteiger partial charge in [-0.2, -0.15) is 0 Å². The van der Waals surface area contributed by atoms with Crippen molar-refractivity contribution in [3.05, 3.63) is 0 Å². The van der Waals surface area contributed by atoms with Gasteiger partial charge < -0.3 is 4.74 Å². The standard InChI is InChI=1S/C3H6OS2.Au/c1-2-4-3(5)6;/h2H2,1H3,(H,5,6);/q;+3. The first kappa shape index (κ1) is 10.9. The van der Waals surface area contributed by atoms with Crippen molar-refractivity contribution in [1.82, 2.24) is 0 Å². The molecule has 0 radical (unpaired) electrons. The molecule has 0 aromatic rings. The van der Waals surface area contributed by atoms with Crippen molar-refractivity contribution in [3.63, 3.8) is 0 Å². The molecule has 0 saturated heterocycles. The Morgan fingerprint density at radius 2 is 2.29 bits per heavy atom. The molecule has 4 heteroatoms. The van der Waals surface area contributed by atoms with E-state index in [-0.39, 0.29) is 22.4 Å². The van der Waals surface area contributed by atoms with Crippen LogP contribution < -0.4 is 0 Å². The Balaban J connectivity index is 0. The van der Waals surface area contributed by atoms with E-state index < -0.39 is 0 Å². The molecule has 44 valence electrons. The van der Waals surface area contributed by atoms with Gasteiger partial charge in [0.15, 0.2) is 0 Å². The summed E-state index contributed by atoms with van der Waals surface area (Å²) in [5, 5.41) is 0. The number of rotatable bonds is 1. The van der Waals surface area contributed by atoms with Crippen molar-refractivity contribution in [2.24, 2.45) is 0 Å². The maximum Gasteiger partial charge on any atom is 3.00 e. The van der Waals surface area contributed by atoms with Gasteiger partial charge in [-0.1, -0.05) is 12.6 Å². The number of hydrogen-bond acceptors (Lipinski definition) is 2. The molecule has 0 aliphatic heterocycles. The van der Waals surface area contributed by atoms with Crippen LogP contribution in [0.5, 0.6) is 0 Å². The number of ether oxygens (including phenoxy) is 1. The maximum absolute atomic E-state index is 4.64. The first-order chi connectivity index (χ1) is 2.77. The van der Waals surface area contributed by atoms with Gasteiger partial charge in [0, 0.05) is 0 Å². The van der Waals surface area contributed by atoms with Gasteiger partial charge >= 0.3 is 22.4 Å². The molecule has 0 saturated carbocycles. The summed E-state index contributed by atoms with van der Waals surface area (Å²) in [5.41, 5.74) is 0. The second kappa shape index (κ2) is 6.98. The van der Waals surface area contributed by atoms with Crippen molar-refractivity contribution in [2.45, 2.75) is 6.92 Å². The predicted molar refractivity (Wildman–Crippen MR) is 33.2 cm³/mol. The Morgan fingerprint density at radius 3 is 2.29 bits per heavy atom. The zero-order valence-electron chi connectivity index (χ0n) is 3.77. The van der Waals surface area contributed by atoms with Crippen LogP contribution in [0.3, 0.4) is 0 Å².